The number of allylic oxidation sites excluding steroid dienone is 2. The van der Waals surface area contributed by atoms with Crippen molar-refractivity contribution in [3.63, 3.8) is 0 Å². The molecule has 0 fully saturated rings. The zero-order valence-corrected chi connectivity index (χ0v) is 9.30. The van der Waals surface area contributed by atoms with Crippen LogP contribution >= 0.6 is 11.8 Å². The van der Waals surface area contributed by atoms with Crippen LogP contribution < -0.4 is 0 Å². The molecule has 1 aromatic rings. The highest BCUT2D eigenvalue weighted by molar-refractivity contribution is 7.98. The van der Waals surface area contributed by atoms with Crippen molar-refractivity contribution < 1.29 is 4.79 Å². The Balaban J connectivity index is 2.76. The Morgan fingerprint density at radius 2 is 2.00 bits per heavy atom. The predicted octanol–water partition coefficient (Wildman–Crippen LogP) is 3.56. The number of rotatable bonds is 4. The molecule has 2 heteroatoms. The van der Waals surface area contributed by atoms with Gasteiger partial charge in [-0.25, -0.2) is 0 Å². The average molecular weight is 206 g/mol. The lowest BCUT2D eigenvalue weighted by Crippen LogP contribution is -1.93. The van der Waals surface area contributed by atoms with Crippen molar-refractivity contribution in [1.82, 2.24) is 0 Å². The van der Waals surface area contributed by atoms with Crippen LogP contribution in [0.5, 0.6) is 0 Å². The van der Waals surface area contributed by atoms with Gasteiger partial charge in [-0.2, -0.15) is 0 Å². The van der Waals surface area contributed by atoms with E-state index in [9.17, 15) is 4.79 Å². The van der Waals surface area contributed by atoms with Crippen LogP contribution in [0.25, 0.3) is 0 Å². The van der Waals surface area contributed by atoms with Crippen molar-refractivity contribution in [2.45, 2.75) is 18.2 Å². The highest BCUT2D eigenvalue weighted by Gasteiger charge is 2.00. The number of benzene rings is 1. The fraction of sp³-hybridized carbons (Fsp3) is 0.250. The van der Waals surface area contributed by atoms with Gasteiger partial charge in [0.05, 0.1) is 0 Å². The van der Waals surface area contributed by atoms with Gasteiger partial charge in [0.1, 0.15) is 0 Å². The monoisotopic (exact) mass is 206 g/mol. The van der Waals surface area contributed by atoms with Gasteiger partial charge in [-0.3, -0.25) is 4.79 Å². The summed E-state index contributed by atoms with van der Waals surface area (Å²) < 4.78 is 0. The zero-order valence-electron chi connectivity index (χ0n) is 8.49. The minimum atomic E-state index is 0.0829. The van der Waals surface area contributed by atoms with Crippen LogP contribution in [0.15, 0.2) is 41.3 Å². The van der Waals surface area contributed by atoms with Gasteiger partial charge < -0.3 is 0 Å². The molecular weight excluding hydrogens is 192 g/mol. The summed E-state index contributed by atoms with van der Waals surface area (Å²) in [7, 11) is 0. The van der Waals surface area contributed by atoms with E-state index in [2.05, 4.69) is 0 Å². The topological polar surface area (TPSA) is 17.1 Å². The molecule has 0 heterocycles. The number of ketones is 1. The molecule has 1 aromatic carbocycles. The van der Waals surface area contributed by atoms with Gasteiger partial charge in [-0.1, -0.05) is 13.0 Å². The number of hydrogen-bond acceptors (Lipinski definition) is 2. The summed E-state index contributed by atoms with van der Waals surface area (Å²) in [5.41, 5.74) is 0.757. The number of carbonyl (C=O) groups excluding carboxylic acids is 1. The first kappa shape index (κ1) is 11.1. The molecule has 0 atom stereocenters. The maximum Gasteiger partial charge on any atom is 0.185 e. The minimum Gasteiger partial charge on any atom is -0.289 e. The third-order valence-electron chi connectivity index (χ3n) is 1.88. The molecular formula is C12H14OS. The Bertz CT molecular complexity index is 325. The lowest BCUT2D eigenvalue weighted by molar-refractivity contribution is 0.104. The lowest BCUT2D eigenvalue weighted by Gasteiger charge is -1.97. The summed E-state index contributed by atoms with van der Waals surface area (Å²) in [4.78, 5) is 12.7. The van der Waals surface area contributed by atoms with Crippen molar-refractivity contribution in [2.75, 3.05) is 6.26 Å². The van der Waals surface area contributed by atoms with Gasteiger partial charge in [-0.15, -0.1) is 11.8 Å². The Kier molecular flexibility index (Phi) is 4.47. The van der Waals surface area contributed by atoms with Crippen LogP contribution in [0.1, 0.15) is 23.7 Å². The van der Waals surface area contributed by atoms with Crippen molar-refractivity contribution in [3.05, 3.63) is 42.0 Å². The smallest absolute Gasteiger partial charge is 0.185 e. The van der Waals surface area contributed by atoms with Crippen LogP contribution in [-0.4, -0.2) is 12.0 Å². The van der Waals surface area contributed by atoms with E-state index in [1.807, 2.05) is 43.5 Å². The van der Waals surface area contributed by atoms with Crippen LogP contribution in [0.3, 0.4) is 0 Å². The van der Waals surface area contributed by atoms with Crippen molar-refractivity contribution in [1.29, 1.82) is 0 Å². The molecule has 0 bridgehead atoms. The first-order valence-electron chi connectivity index (χ1n) is 4.63. The summed E-state index contributed by atoms with van der Waals surface area (Å²) >= 11 is 1.68. The van der Waals surface area contributed by atoms with Crippen LogP contribution in [0, 0.1) is 0 Å². The quantitative estimate of drug-likeness (QED) is 0.425. The third kappa shape index (κ3) is 3.04. The average Bonchev–Trinajstić information content (AvgIpc) is 2.26. The van der Waals surface area contributed by atoms with E-state index in [-0.39, 0.29) is 5.78 Å². The Morgan fingerprint density at radius 3 is 2.50 bits per heavy atom. The number of hydrogen-bond donors (Lipinski definition) is 0. The summed E-state index contributed by atoms with van der Waals surface area (Å²) in [5, 5.41) is 0. The van der Waals surface area contributed by atoms with Gasteiger partial charge in [0.25, 0.3) is 0 Å². The summed E-state index contributed by atoms with van der Waals surface area (Å²) in [6.07, 6.45) is 6.43. The largest absolute Gasteiger partial charge is 0.289 e. The molecule has 0 aliphatic rings. The number of thioether (sulfide) groups is 1. The van der Waals surface area contributed by atoms with E-state index in [4.69, 9.17) is 0 Å². The molecule has 0 aromatic heterocycles. The molecule has 1 rings (SSSR count). The van der Waals surface area contributed by atoms with Gasteiger partial charge in [0, 0.05) is 10.5 Å². The molecule has 0 radical (unpaired) electrons. The summed E-state index contributed by atoms with van der Waals surface area (Å²) in [5.74, 6) is 0.0829. The predicted molar refractivity (Wildman–Crippen MR) is 62.0 cm³/mol. The second-order valence-electron chi connectivity index (χ2n) is 2.90. The minimum absolute atomic E-state index is 0.0829. The van der Waals surface area contributed by atoms with E-state index < -0.39 is 0 Å². The second-order valence-corrected chi connectivity index (χ2v) is 3.78. The molecule has 74 valence electrons. The fourth-order valence-electron chi connectivity index (χ4n) is 1.08. The molecule has 14 heavy (non-hydrogen) atoms. The first-order chi connectivity index (χ1) is 6.77. The van der Waals surface area contributed by atoms with Crippen molar-refractivity contribution in [3.8, 4) is 0 Å². The molecule has 0 saturated carbocycles. The fourth-order valence-corrected chi connectivity index (χ4v) is 1.48. The summed E-state index contributed by atoms with van der Waals surface area (Å²) in [6, 6.07) is 7.68. The zero-order chi connectivity index (χ0) is 10.4. The third-order valence-corrected chi connectivity index (χ3v) is 2.62. The molecule has 0 amide bonds. The van der Waals surface area contributed by atoms with E-state index >= 15 is 0 Å². The van der Waals surface area contributed by atoms with Gasteiger partial charge in [0.2, 0.25) is 0 Å². The lowest BCUT2D eigenvalue weighted by atomic mass is 10.1. The van der Waals surface area contributed by atoms with Crippen LogP contribution in [0.4, 0.5) is 0 Å². The number of carbonyl (C=O) groups is 1. The van der Waals surface area contributed by atoms with E-state index in [0.29, 0.717) is 0 Å². The Morgan fingerprint density at radius 1 is 1.36 bits per heavy atom. The van der Waals surface area contributed by atoms with Crippen molar-refractivity contribution in [2.24, 2.45) is 0 Å². The van der Waals surface area contributed by atoms with Gasteiger partial charge >= 0.3 is 0 Å². The molecule has 0 aliphatic carbocycles. The molecule has 0 spiro atoms. The normalized spacial score (nSPS) is 10.7. The maximum atomic E-state index is 11.5. The standard InChI is InChI=1S/C12H14OS/c1-3-4-5-12(13)10-6-8-11(14-2)9-7-10/h4-9H,3H2,1-2H3/b5-4+. The Labute approximate surface area is 89.2 Å². The molecule has 1 nitrogen and oxygen atoms in total. The van der Waals surface area contributed by atoms with E-state index in [0.717, 1.165) is 12.0 Å². The van der Waals surface area contributed by atoms with Gasteiger partial charge in [0.15, 0.2) is 5.78 Å². The molecule has 0 N–H and O–H groups in total. The van der Waals surface area contributed by atoms with E-state index in [1.165, 1.54) is 4.90 Å². The van der Waals surface area contributed by atoms with E-state index in [1.54, 1.807) is 17.8 Å². The molecule has 0 aliphatic heterocycles. The SMILES string of the molecule is CC/C=C/C(=O)c1ccc(SC)cc1. The summed E-state index contributed by atoms with van der Waals surface area (Å²) in [6.45, 7) is 2.01. The molecule has 0 unspecified atom stereocenters. The van der Waals surface area contributed by atoms with Crippen LogP contribution in [-0.2, 0) is 0 Å². The molecule has 0 saturated heterocycles. The Hall–Kier alpha value is -1.02. The van der Waals surface area contributed by atoms with Gasteiger partial charge in [-0.05, 0) is 43.0 Å². The second kappa shape index (κ2) is 5.66. The maximum absolute atomic E-state index is 11.5. The first-order valence-corrected chi connectivity index (χ1v) is 5.85. The van der Waals surface area contributed by atoms with Crippen LogP contribution in [0.2, 0.25) is 0 Å². The highest BCUT2D eigenvalue weighted by atomic mass is 32.2. The highest BCUT2D eigenvalue weighted by Crippen LogP contribution is 2.15. The van der Waals surface area contributed by atoms with Crippen molar-refractivity contribution >= 4 is 17.5 Å².